The molecule has 0 radical (unpaired) electrons. The number of carbonyl (C=O) groups excluding carboxylic acids is 1. The molecule has 3 rings (SSSR count). The molecule has 0 unspecified atom stereocenters. The van der Waals surface area contributed by atoms with Crippen molar-refractivity contribution in [1.82, 2.24) is 15.5 Å². The first-order chi connectivity index (χ1) is 11.3. The Labute approximate surface area is 137 Å². The number of para-hydroxylation sites is 2. The molecular weight excluding hydrogens is 318 g/mol. The molecule has 1 amide bonds. The van der Waals surface area contributed by atoms with E-state index in [9.17, 15) is 4.79 Å². The van der Waals surface area contributed by atoms with Crippen LogP contribution in [0.5, 0.6) is 11.5 Å². The van der Waals surface area contributed by atoms with Gasteiger partial charge in [-0.2, -0.15) is 0 Å². The van der Waals surface area contributed by atoms with Crippen molar-refractivity contribution in [3.63, 3.8) is 0 Å². The normalized spacial score (nSPS) is 16.1. The Hall–Kier alpha value is -2.22. The Bertz CT molecular complexity index is 676. The van der Waals surface area contributed by atoms with Gasteiger partial charge in [0.05, 0.1) is 5.75 Å². The first kappa shape index (κ1) is 15.7. The van der Waals surface area contributed by atoms with Crippen LogP contribution in [0.4, 0.5) is 0 Å². The summed E-state index contributed by atoms with van der Waals surface area (Å²) in [6, 6.07) is 7.42. The molecule has 23 heavy (non-hydrogen) atoms. The lowest BCUT2D eigenvalue weighted by Crippen LogP contribution is -2.25. The van der Waals surface area contributed by atoms with Gasteiger partial charge in [-0.1, -0.05) is 30.8 Å². The number of hydrogen-bond donors (Lipinski definition) is 1. The second kappa shape index (κ2) is 7.36. The minimum Gasteiger partial charge on any atom is -0.485 e. The molecule has 1 aromatic heterocycles. The van der Waals surface area contributed by atoms with Crippen molar-refractivity contribution in [3.8, 4) is 11.5 Å². The Morgan fingerprint density at radius 3 is 3.00 bits per heavy atom. The zero-order valence-electron chi connectivity index (χ0n) is 12.7. The monoisotopic (exact) mass is 335 g/mol. The third-order valence-electron chi connectivity index (χ3n) is 3.11. The van der Waals surface area contributed by atoms with Crippen LogP contribution in [0.15, 0.2) is 33.9 Å². The lowest BCUT2D eigenvalue weighted by molar-refractivity contribution is -0.118. The van der Waals surface area contributed by atoms with Crippen molar-refractivity contribution in [1.29, 1.82) is 0 Å². The van der Waals surface area contributed by atoms with Gasteiger partial charge in [-0.05, 0) is 18.6 Å². The smallest absolute Gasteiger partial charge is 0.277 e. The molecule has 1 aliphatic rings. The predicted octanol–water partition coefficient (Wildman–Crippen LogP) is 2.20. The summed E-state index contributed by atoms with van der Waals surface area (Å²) in [6.07, 6.45) is 0.461. The van der Waals surface area contributed by atoms with Crippen LogP contribution in [0.3, 0.4) is 0 Å². The molecule has 7 nitrogen and oxygen atoms in total. The predicted molar refractivity (Wildman–Crippen MR) is 83.6 cm³/mol. The van der Waals surface area contributed by atoms with E-state index in [-0.39, 0.29) is 11.7 Å². The fraction of sp³-hybridized carbons (Fsp3) is 0.400. The maximum absolute atomic E-state index is 11.6. The molecule has 122 valence electrons. The van der Waals surface area contributed by atoms with Crippen molar-refractivity contribution in [2.24, 2.45) is 0 Å². The summed E-state index contributed by atoms with van der Waals surface area (Å²) in [5.41, 5.74) is 0. The molecule has 0 saturated heterocycles. The van der Waals surface area contributed by atoms with Crippen molar-refractivity contribution in [2.75, 3.05) is 18.9 Å². The first-order valence-corrected chi connectivity index (χ1v) is 8.36. The topological polar surface area (TPSA) is 86.5 Å². The fourth-order valence-corrected chi connectivity index (χ4v) is 2.59. The van der Waals surface area contributed by atoms with E-state index in [1.165, 1.54) is 11.8 Å². The molecule has 0 aliphatic carbocycles. The summed E-state index contributed by atoms with van der Waals surface area (Å²) < 4.78 is 17.0. The number of benzene rings is 1. The molecule has 0 spiro atoms. The molecule has 1 aromatic carbocycles. The number of carbonyl (C=O) groups is 1. The largest absolute Gasteiger partial charge is 0.485 e. The van der Waals surface area contributed by atoms with E-state index in [1.54, 1.807) is 0 Å². The molecule has 1 atom stereocenters. The molecule has 8 heteroatoms. The molecular formula is C15H17N3O4S. The molecule has 1 aliphatic heterocycles. The highest BCUT2D eigenvalue weighted by Gasteiger charge is 2.27. The maximum Gasteiger partial charge on any atom is 0.277 e. The van der Waals surface area contributed by atoms with E-state index in [0.717, 1.165) is 6.42 Å². The molecule has 0 bridgehead atoms. The highest BCUT2D eigenvalue weighted by Crippen LogP contribution is 2.35. The van der Waals surface area contributed by atoms with Crippen molar-refractivity contribution >= 4 is 17.7 Å². The summed E-state index contributed by atoms with van der Waals surface area (Å²) in [7, 11) is 0. The van der Waals surface area contributed by atoms with Gasteiger partial charge in [0.15, 0.2) is 11.5 Å². The number of rotatable bonds is 6. The number of hydrogen-bond acceptors (Lipinski definition) is 7. The molecule has 0 fully saturated rings. The highest BCUT2D eigenvalue weighted by molar-refractivity contribution is 7.99. The van der Waals surface area contributed by atoms with Gasteiger partial charge in [0.2, 0.25) is 12.0 Å². The van der Waals surface area contributed by atoms with E-state index in [2.05, 4.69) is 15.5 Å². The molecule has 2 heterocycles. The van der Waals surface area contributed by atoms with Crippen molar-refractivity contribution in [3.05, 3.63) is 30.2 Å². The van der Waals surface area contributed by atoms with E-state index < -0.39 is 6.10 Å². The van der Waals surface area contributed by atoms with Crippen LogP contribution >= 0.6 is 11.8 Å². The molecule has 0 saturated carbocycles. The fourth-order valence-electron chi connectivity index (χ4n) is 1.99. The quantitative estimate of drug-likeness (QED) is 0.810. The van der Waals surface area contributed by atoms with Crippen molar-refractivity contribution in [2.45, 2.75) is 24.7 Å². The zero-order valence-corrected chi connectivity index (χ0v) is 13.5. The van der Waals surface area contributed by atoms with Gasteiger partial charge in [-0.25, -0.2) is 0 Å². The second-order valence-corrected chi connectivity index (χ2v) is 5.84. The van der Waals surface area contributed by atoms with Gasteiger partial charge in [0, 0.05) is 6.54 Å². The van der Waals surface area contributed by atoms with Crippen LogP contribution in [0.2, 0.25) is 0 Å². The van der Waals surface area contributed by atoms with E-state index >= 15 is 0 Å². The number of aromatic nitrogens is 2. The average Bonchev–Trinajstić information content (AvgIpc) is 3.06. The van der Waals surface area contributed by atoms with Crippen LogP contribution in [0.1, 0.15) is 25.3 Å². The maximum atomic E-state index is 11.6. The van der Waals surface area contributed by atoms with Gasteiger partial charge in [0.25, 0.3) is 11.1 Å². The zero-order chi connectivity index (χ0) is 16.1. The van der Waals surface area contributed by atoms with Crippen LogP contribution < -0.4 is 14.8 Å². The van der Waals surface area contributed by atoms with Gasteiger partial charge in [0.1, 0.15) is 6.61 Å². The number of thioether (sulfide) groups is 1. The minimum atomic E-state index is -0.444. The number of nitrogens with zero attached hydrogens (tertiary/aromatic N) is 2. The van der Waals surface area contributed by atoms with Gasteiger partial charge >= 0.3 is 0 Å². The Balaban J connectivity index is 1.56. The van der Waals surface area contributed by atoms with Gasteiger partial charge < -0.3 is 19.2 Å². The van der Waals surface area contributed by atoms with E-state index in [0.29, 0.717) is 35.8 Å². The van der Waals surface area contributed by atoms with Crippen molar-refractivity contribution < 1.29 is 18.7 Å². The Morgan fingerprint density at radius 2 is 2.17 bits per heavy atom. The Morgan fingerprint density at radius 1 is 1.35 bits per heavy atom. The number of amides is 1. The summed E-state index contributed by atoms with van der Waals surface area (Å²) in [5.74, 6) is 1.88. The van der Waals surface area contributed by atoms with Crippen LogP contribution in [-0.4, -0.2) is 35.0 Å². The summed E-state index contributed by atoms with van der Waals surface area (Å²) >= 11 is 1.20. The van der Waals surface area contributed by atoms with Crippen LogP contribution in [-0.2, 0) is 4.79 Å². The SMILES string of the molecule is CCCNC(=O)CSc1nnc([C@@H]2COc3ccccc3O2)o1. The third-order valence-corrected chi connectivity index (χ3v) is 3.92. The first-order valence-electron chi connectivity index (χ1n) is 7.37. The van der Waals surface area contributed by atoms with Gasteiger partial charge in [-0.3, -0.25) is 4.79 Å². The summed E-state index contributed by atoms with van der Waals surface area (Å²) in [6.45, 7) is 2.98. The lowest BCUT2D eigenvalue weighted by atomic mass is 10.2. The minimum absolute atomic E-state index is 0.0530. The number of fused-ring (bicyclic) bond motifs is 1. The van der Waals surface area contributed by atoms with E-state index in [4.69, 9.17) is 13.9 Å². The standard InChI is InChI=1S/C15H17N3O4S/c1-2-7-16-13(19)9-23-15-18-17-14(22-15)12-8-20-10-5-3-4-6-11(10)21-12/h3-6,12H,2,7-9H2,1H3,(H,16,19)/t12-/m0/s1. The molecule has 1 N–H and O–H groups in total. The Kier molecular flexibility index (Phi) is 5.02. The lowest BCUT2D eigenvalue weighted by Gasteiger charge is -2.23. The highest BCUT2D eigenvalue weighted by atomic mass is 32.2. The van der Waals surface area contributed by atoms with Crippen LogP contribution in [0, 0.1) is 0 Å². The summed E-state index contributed by atoms with van der Waals surface area (Å²) in [5, 5.41) is 11.0. The number of nitrogens with one attached hydrogen (secondary N) is 1. The molecule has 2 aromatic rings. The average molecular weight is 335 g/mol. The van der Waals surface area contributed by atoms with E-state index in [1.807, 2.05) is 31.2 Å². The van der Waals surface area contributed by atoms with Crippen LogP contribution in [0.25, 0.3) is 0 Å². The summed E-state index contributed by atoms with van der Waals surface area (Å²) in [4.78, 5) is 11.6. The second-order valence-electron chi connectivity index (χ2n) is 4.91. The third kappa shape index (κ3) is 3.95. The van der Waals surface area contributed by atoms with Gasteiger partial charge in [-0.15, -0.1) is 10.2 Å². The number of ether oxygens (including phenoxy) is 2.